The Kier molecular flexibility index (Phi) is 2.64. The van der Waals surface area contributed by atoms with Crippen LogP contribution in [0.25, 0.3) is 6.08 Å². The molecule has 3 heteroatoms. The van der Waals surface area contributed by atoms with Gasteiger partial charge in [-0.3, -0.25) is 4.57 Å². The first-order chi connectivity index (χ1) is 5.25. The SMILES string of the molecule is C=Cc1ccccc1[PH](=O)O. The van der Waals surface area contributed by atoms with Crippen molar-refractivity contribution in [2.75, 3.05) is 0 Å². The first-order valence-corrected chi connectivity index (χ1v) is 4.56. The molecule has 2 nitrogen and oxygen atoms in total. The summed E-state index contributed by atoms with van der Waals surface area (Å²) in [5.41, 5.74) is 0.735. The van der Waals surface area contributed by atoms with Crippen LogP contribution in [0, 0.1) is 0 Å². The minimum atomic E-state index is -2.58. The molecule has 1 N–H and O–H groups in total. The zero-order valence-electron chi connectivity index (χ0n) is 5.95. The highest BCUT2D eigenvalue weighted by Crippen LogP contribution is 2.16. The van der Waals surface area contributed by atoms with Crippen molar-refractivity contribution in [1.29, 1.82) is 0 Å². The van der Waals surface area contributed by atoms with Crippen molar-refractivity contribution in [3.8, 4) is 0 Å². The van der Waals surface area contributed by atoms with E-state index in [2.05, 4.69) is 6.58 Å². The lowest BCUT2D eigenvalue weighted by atomic mass is 10.2. The van der Waals surface area contributed by atoms with Crippen molar-refractivity contribution < 1.29 is 9.46 Å². The van der Waals surface area contributed by atoms with Gasteiger partial charge in [-0.25, -0.2) is 0 Å². The average Bonchev–Trinajstić information content (AvgIpc) is 2.04. The Balaban J connectivity index is 3.22. The molecule has 0 bridgehead atoms. The Labute approximate surface area is 66.1 Å². The van der Waals surface area contributed by atoms with Crippen LogP contribution in [0.5, 0.6) is 0 Å². The molecule has 1 rings (SSSR count). The summed E-state index contributed by atoms with van der Waals surface area (Å²) in [5.74, 6) is 0. The van der Waals surface area contributed by atoms with Gasteiger partial charge in [-0.1, -0.05) is 30.9 Å². The summed E-state index contributed by atoms with van der Waals surface area (Å²) < 4.78 is 10.7. The lowest BCUT2D eigenvalue weighted by Crippen LogP contribution is -1.99. The maximum Gasteiger partial charge on any atom is 0.218 e. The molecule has 58 valence electrons. The molecule has 11 heavy (non-hydrogen) atoms. The molecule has 1 aromatic rings. The minimum Gasteiger partial charge on any atom is -0.343 e. The summed E-state index contributed by atoms with van der Waals surface area (Å²) in [4.78, 5) is 8.83. The molecule has 0 amide bonds. The summed E-state index contributed by atoms with van der Waals surface area (Å²) >= 11 is 0. The lowest BCUT2D eigenvalue weighted by Gasteiger charge is -1.99. The van der Waals surface area contributed by atoms with E-state index in [0.29, 0.717) is 5.30 Å². The van der Waals surface area contributed by atoms with Crippen LogP contribution in [0.2, 0.25) is 0 Å². The summed E-state index contributed by atoms with van der Waals surface area (Å²) in [6.07, 6.45) is 1.58. The molecule has 0 aliphatic carbocycles. The highest BCUT2D eigenvalue weighted by Gasteiger charge is 2.01. The smallest absolute Gasteiger partial charge is 0.218 e. The van der Waals surface area contributed by atoms with Crippen LogP contribution in [-0.2, 0) is 4.57 Å². The van der Waals surface area contributed by atoms with E-state index in [1.165, 1.54) is 0 Å². The van der Waals surface area contributed by atoms with Crippen LogP contribution in [0.3, 0.4) is 0 Å². The average molecular weight is 168 g/mol. The van der Waals surface area contributed by atoms with Gasteiger partial charge in [0.25, 0.3) is 0 Å². The van der Waals surface area contributed by atoms with Crippen LogP contribution < -0.4 is 5.30 Å². The first-order valence-electron chi connectivity index (χ1n) is 3.20. The van der Waals surface area contributed by atoms with E-state index in [-0.39, 0.29) is 0 Å². The summed E-state index contributed by atoms with van der Waals surface area (Å²) in [5, 5.41) is 0.479. The van der Waals surface area contributed by atoms with Gasteiger partial charge in [-0.15, -0.1) is 0 Å². The van der Waals surface area contributed by atoms with Gasteiger partial charge >= 0.3 is 0 Å². The molecular weight excluding hydrogens is 159 g/mol. The zero-order chi connectivity index (χ0) is 8.27. The van der Waals surface area contributed by atoms with Crippen LogP contribution >= 0.6 is 8.03 Å². The molecule has 0 saturated heterocycles. The molecule has 1 aromatic carbocycles. The van der Waals surface area contributed by atoms with Crippen LogP contribution in [0.4, 0.5) is 0 Å². The predicted octanol–water partition coefficient (Wildman–Crippen LogP) is 1.42. The Morgan fingerprint density at radius 2 is 2.09 bits per heavy atom. The van der Waals surface area contributed by atoms with E-state index in [1.54, 1.807) is 24.3 Å². The third-order valence-electron chi connectivity index (χ3n) is 1.41. The van der Waals surface area contributed by atoms with Gasteiger partial charge in [0.2, 0.25) is 8.03 Å². The largest absolute Gasteiger partial charge is 0.343 e. The van der Waals surface area contributed by atoms with Crippen molar-refractivity contribution in [1.82, 2.24) is 0 Å². The quantitative estimate of drug-likeness (QED) is 0.678. The Hall–Kier alpha value is -0.850. The minimum absolute atomic E-state index is 0.479. The van der Waals surface area contributed by atoms with Crippen molar-refractivity contribution in [2.24, 2.45) is 0 Å². The van der Waals surface area contributed by atoms with Gasteiger partial charge in [-0.2, -0.15) is 0 Å². The maximum atomic E-state index is 10.7. The second kappa shape index (κ2) is 3.51. The van der Waals surface area contributed by atoms with Crippen molar-refractivity contribution in [3.05, 3.63) is 36.4 Å². The van der Waals surface area contributed by atoms with Crippen LogP contribution in [0.15, 0.2) is 30.8 Å². The van der Waals surface area contributed by atoms with E-state index in [4.69, 9.17) is 4.89 Å². The second-order valence-electron chi connectivity index (χ2n) is 2.10. The number of benzene rings is 1. The third kappa shape index (κ3) is 1.79. The van der Waals surface area contributed by atoms with Gasteiger partial charge in [0.15, 0.2) is 0 Å². The second-order valence-corrected chi connectivity index (χ2v) is 3.25. The van der Waals surface area contributed by atoms with Crippen molar-refractivity contribution in [3.63, 3.8) is 0 Å². The molecule has 0 saturated carbocycles. The van der Waals surface area contributed by atoms with Gasteiger partial charge in [0.1, 0.15) is 0 Å². The van der Waals surface area contributed by atoms with Gasteiger partial charge in [-0.05, 0) is 11.6 Å². The topological polar surface area (TPSA) is 37.3 Å². The Morgan fingerprint density at radius 1 is 1.45 bits per heavy atom. The number of hydrogen-bond donors (Lipinski definition) is 1. The summed E-state index contributed by atoms with van der Waals surface area (Å²) in [7, 11) is -2.58. The molecule has 0 spiro atoms. The molecule has 0 aromatic heterocycles. The van der Waals surface area contributed by atoms with Crippen LogP contribution in [-0.4, -0.2) is 4.89 Å². The van der Waals surface area contributed by atoms with Crippen LogP contribution in [0.1, 0.15) is 5.56 Å². The Morgan fingerprint density at radius 3 is 2.55 bits per heavy atom. The van der Waals surface area contributed by atoms with Crippen molar-refractivity contribution in [2.45, 2.75) is 0 Å². The summed E-state index contributed by atoms with van der Waals surface area (Å²) in [6.45, 7) is 3.54. The number of hydrogen-bond acceptors (Lipinski definition) is 1. The molecule has 0 aliphatic rings. The van der Waals surface area contributed by atoms with Crippen molar-refractivity contribution >= 4 is 19.4 Å². The normalized spacial score (nSPS) is 12.5. The maximum absolute atomic E-state index is 10.7. The predicted molar refractivity (Wildman–Crippen MR) is 47.4 cm³/mol. The zero-order valence-corrected chi connectivity index (χ0v) is 6.95. The monoisotopic (exact) mass is 168 g/mol. The third-order valence-corrected chi connectivity index (χ3v) is 2.33. The van der Waals surface area contributed by atoms with Gasteiger partial charge in [0, 0.05) is 5.30 Å². The molecular formula is C8H9O2P. The molecule has 0 radical (unpaired) electrons. The fourth-order valence-electron chi connectivity index (χ4n) is 0.870. The highest BCUT2D eigenvalue weighted by atomic mass is 31.1. The van der Waals surface area contributed by atoms with E-state index in [1.807, 2.05) is 6.07 Å². The summed E-state index contributed by atoms with van der Waals surface area (Å²) in [6, 6.07) is 6.95. The molecule has 1 atom stereocenters. The Bertz CT molecular complexity index is 294. The first kappa shape index (κ1) is 8.25. The molecule has 1 unspecified atom stereocenters. The van der Waals surface area contributed by atoms with Gasteiger partial charge in [0.05, 0.1) is 0 Å². The molecule has 0 fully saturated rings. The van der Waals surface area contributed by atoms with E-state index < -0.39 is 8.03 Å². The fourth-order valence-corrected chi connectivity index (χ4v) is 1.54. The van der Waals surface area contributed by atoms with E-state index >= 15 is 0 Å². The highest BCUT2D eigenvalue weighted by molar-refractivity contribution is 7.47. The van der Waals surface area contributed by atoms with E-state index in [0.717, 1.165) is 5.56 Å². The fraction of sp³-hybridized carbons (Fsp3) is 0. The lowest BCUT2D eigenvalue weighted by molar-refractivity contribution is 0.513. The molecule has 0 heterocycles. The van der Waals surface area contributed by atoms with E-state index in [9.17, 15) is 4.57 Å². The standard InChI is InChI=1S/C8H9O2P/c1-2-7-5-3-4-6-8(7)11(9)10/h2-6,11H,1H2,(H,9,10). The van der Waals surface area contributed by atoms with Gasteiger partial charge < -0.3 is 4.89 Å². The number of rotatable bonds is 2. The molecule has 0 aliphatic heterocycles.